The molecule has 0 aliphatic carbocycles. The van der Waals surface area contributed by atoms with Gasteiger partial charge in [-0.2, -0.15) is 0 Å². The number of carbonyl (C=O) groups excluding carboxylic acids is 3. The molecule has 3 aromatic rings. The fourth-order valence-electron chi connectivity index (χ4n) is 4.07. The van der Waals surface area contributed by atoms with Gasteiger partial charge >= 0.3 is 11.6 Å². The highest BCUT2D eigenvalue weighted by Gasteiger charge is 2.35. The quantitative estimate of drug-likeness (QED) is 0.242. The molecule has 1 aliphatic heterocycles. The summed E-state index contributed by atoms with van der Waals surface area (Å²) in [6.07, 6.45) is 1.46. The van der Waals surface area contributed by atoms with E-state index in [1.165, 1.54) is 30.3 Å². The van der Waals surface area contributed by atoms with Gasteiger partial charge in [-0.3, -0.25) is 14.5 Å². The number of benzene rings is 2. The van der Waals surface area contributed by atoms with Crippen LogP contribution < -0.4 is 5.63 Å². The van der Waals surface area contributed by atoms with Crippen molar-refractivity contribution in [3.63, 3.8) is 0 Å². The van der Waals surface area contributed by atoms with Crippen LogP contribution in [-0.4, -0.2) is 29.2 Å². The van der Waals surface area contributed by atoms with E-state index in [0.29, 0.717) is 16.5 Å². The fraction of sp³-hybridized carbons (Fsp3) is 0.231. The molecular formula is C26H23NO6. The number of hydrogen-bond donors (Lipinski definition) is 0. The van der Waals surface area contributed by atoms with Gasteiger partial charge in [-0.1, -0.05) is 19.9 Å². The first-order chi connectivity index (χ1) is 15.7. The average Bonchev–Trinajstić information content (AvgIpc) is 3.01. The fourth-order valence-corrected chi connectivity index (χ4v) is 4.07. The Hall–Kier alpha value is -4.00. The van der Waals surface area contributed by atoms with Crippen LogP contribution in [0.5, 0.6) is 0 Å². The second kappa shape index (κ2) is 8.50. The first-order valence-electron chi connectivity index (χ1n) is 10.6. The van der Waals surface area contributed by atoms with E-state index >= 15 is 0 Å². The van der Waals surface area contributed by atoms with Gasteiger partial charge in [0.1, 0.15) is 12.2 Å². The summed E-state index contributed by atoms with van der Waals surface area (Å²) in [5, 5.41) is 0.700. The lowest BCUT2D eigenvalue weighted by Crippen LogP contribution is -2.29. The average molecular weight is 445 g/mol. The molecule has 1 aromatic heterocycles. The van der Waals surface area contributed by atoms with Crippen LogP contribution in [0.2, 0.25) is 0 Å². The van der Waals surface area contributed by atoms with Crippen LogP contribution in [-0.2, 0) is 11.3 Å². The van der Waals surface area contributed by atoms with Crippen LogP contribution in [0, 0.1) is 6.92 Å². The highest BCUT2D eigenvalue weighted by molar-refractivity contribution is 6.22. The lowest BCUT2D eigenvalue weighted by atomic mass is 9.95. The Labute approximate surface area is 190 Å². The number of aryl methyl sites for hydroxylation is 1. The molecule has 0 saturated carbocycles. The second-order valence-corrected chi connectivity index (χ2v) is 8.30. The van der Waals surface area contributed by atoms with Crippen molar-refractivity contribution in [2.45, 2.75) is 33.3 Å². The number of imide groups is 1. The summed E-state index contributed by atoms with van der Waals surface area (Å²) in [7, 11) is 0. The summed E-state index contributed by atoms with van der Waals surface area (Å²) in [6, 6.07) is 9.33. The van der Waals surface area contributed by atoms with Crippen LogP contribution in [0.1, 0.15) is 67.5 Å². The van der Waals surface area contributed by atoms with Crippen molar-refractivity contribution < 1.29 is 23.5 Å². The monoisotopic (exact) mass is 445 g/mol. The van der Waals surface area contributed by atoms with E-state index in [0.717, 1.165) is 16.0 Å². The second-order valence-electron chi connectivity index (χ2n) is 8.30. The first kappa shape index (κ1) is 22.2. The molecule has 0 radical (unpaired) electrons. The third kappa shape index (κ3) is 3.98. The molecule has 1 aliphatic rings. The van der Waals surface area contributed by atoms with Gasteiger partial charge in [-0.25, -0.2) is 9.59 Å². The van der Waals surface area contributed by atoms with Gasteiger partial charge in [-0.15, -0.1) is 6.58 Å². The normalized spacial score (nSPS) is 13.0. The van der Waals surface area contributed by atoms with Crippen LogP contribution in [0.4, 0.5) is 0 Å². The Morgan fingerprint density at radius 3 is 2.52 bits per heavy atom. The van der Waals surface area contributed by atoms with Crippen molar-refractivity contribution >= 4 is 28.8 Å². The standard InChI is InChI=1S/C26H23NO6/c1-5-8-27-24(29)18-7-6-16(10-21(18)25(27)30)26(31)32-13-17-11-23(28)33-22-9-15(4)19(14(2)3)12-20(17)22/h5-7,9-12,14H,1,8,13H2,2-4H3. The van der Waals surface area contributed by atoms with Crippen molar-refractivity contribution in [1.82, 2.24) is 4.90 Å². The Bertz CT molecular complexity index is 1380. The molecule has 7 nitrogen and oxygen atoms in total. The van der Waals surface area contributed by atoms with E-state index in [2.05, 4.69) is 20.4 Å². The van der Waals surface area contributed by atoms with Crippen molar-refractivity contribution in [1.29, 1.82) is 0 Å². The van der Waals surface area contributed by atoms with Crippen molar-refractivity contribution in [2.75, 3.05) is 6.54 Å². The van der Waals surface area contributed by atoms with E-state index in [9.17, 15) is 19.2 Å². The topological polar surface area (TPSA) is 93.9 Å². The Kier molecular flexibility index (Phi) is 5.72. The Morgan fingerprint density at radius 2 is 1.82 bits per heavy atom. The van der Waals surface area contributed by atoms with Gasteiger partial charge in [0, 0.05) is 23.6 Å². The van der Waals surface area contributed by atoms with E-state index in [4.69, 9.17) is 9.15 Å². The maximum Gasteiger partial charge on any atom is 0.338 e. The number of rotatable bonds is 6. The molecule has 0 spiro atoms. The SMILES string of the molecule is C=CCN1C(=O)c2ccc(C(=O)OCc3cc(=O)oc4cc(C)c(C(C)C)cc34)cc2C1=O. The van der Waals surface area contributed by atoms with Gasteiger partial charge in [0.15, 0.2) is 0 Å². The lowest BCUT2D eigenvalue weighted by Gasteiger charge is -2.13. The summed E-state index contributed by atoms with van der Waals surface area (Å²) < 4.78 is 10.8. The first-order valence-corrected chi connectivity index (χ1v) is 10.6. The molecule has 0 N–H and O–H groups in total. The molecule has 7 heteroatoms. The predicted molar refractivity (Wildman–Crippen MR) is 122 cm³/mol. The van der Waals surface area contributed by atoms with Gasteiger partial charge in [0.05, 0.1) is 16.7 Å². The third-order valence-corrected chi connectivity index (χ3v) is 5.72. The zero-order chi connectivity index (χ0) is 23.9. The van der Waals surface area contributed by atoms with Crippen molar-refractivity contribution in [3.8, 4) is 0 Å². The van der Waals surface area contributed by atoms with Gasteiger partial charge in [-0.05, 0) is 54.3 Å². The molecule has 2 amide bonds. The van der Waals surface area contributed by atoms with Crippen molar-refractivity contribution in [3.05, 3.63) is 92.9 Å². The minimum Gasteiger partial charge on any atom is -0.457 e. The molecule has 2 heterocycles. The molecule has 0 unspecified atom stereocenters. The summed E-state index contributed by atoms with van der Waals surface area (Å²) in [5.74, 6) is -1.30. The number of ether oxygens (including phenoxy) is 1. The molecule has 33 heavy (non-hydrogen) atoms. The number of amides is 2. The van der Waals surface area contributed by atoms with Crippen LogP contribution in [0.3, 0.4) is 0 Å². The summed E-state index contributed by atoms with van der Waals surface area (Å²) >= 11 is 0. The zero-order valence-electron chi connectivity index (χ0n) is 18.6. The highest BCUT2D eigenvalue weighted by atomic mass is 16.5. The highest BCUT2D eigenvalue weighted by Crippen LogP contribution is 2.28. The number of esters is 1. The smallest absolute Gasteiger partial charge is 0.338 e. The Morgan fingerprint density at radius 1 is 1.09 bits per heavy atom. The van der Waals surface area contributed by atoms with E-state index in [-0.39, 0.29) is 35.8 Å². The maximum atomic E-state index is 12.7. The number of carbonyl (C=O) groups is 3. The van der Waals surface area contributed by atoms with Gasteiger partial charge < -0.3 is 9.15 Å². The van der Waals surface area contributed by atoms with E-state index in [1.54, 1.807) is 0 Å². The van der Waals surface area contributed by atoms with Gasteiger partial charge in [0.2, 0.25) is 0 Å². The molecule has 4 rings (SSSR count). The zero-order valence-corrected chi connectivity index (χ0v) is 18.6. The minimum atomic E-state index is -0.669. The number of fused-ring (bicyclic) bond motifs is 2. The predicted octanol–water partition coefficient (Wildman–Crippen LogP) is 4.36. The molecule has 0 bridgehead atoms. The van der Waals surface area contributed by atoms with E-state index < -0.39 is 23.4 Å². The summed E-state index contributed by atoms with van der Waals surface area (Å²) in [5.41, 5.74) is 3.07. The summed E-state index contributed by atoms with van der Waals surface area (Å²) in [6.45, 7) is 9.60. The summed E-state index contributed by atoms with van der Waals surface area (Å²) in [4.78, 5) is 50.7. The molecule has 0 atom stereocenters. The molecule has 0 fully saturated rings. The maximum absolute atomic E-state index is 12.7. The third-order valence-electron chi connectivity index (χ3n) is 5.72. The van der Waals surface area contributed by atoms with Crippen LogP contribution in [0.25, 0.3) is 11.0 Å². The molecule has 168 valence electrons. The number of nitrogens with zero attached hydrogens (tertiary/aromatic N) is 1. The molecular weight excluding hydrogens is 422 g/mol. The van der Waals surface area contributed by atoms with E-state index in [1.807, 2.05) is 19.1 Å². The minimum absolute atomic E-state index is 0.0909. The largest absolute Gasteiger partial charge is 0.457 e. The van der Waals surface area contributed by atoms with Gasteiger partial charge in [0.25, 0.3) is 11.8 Å². The van der Waals surface area contributed by atoms with Crippen LogP contribution in [0.15, 0.2) is 58.3 Å². The lowest BCUT2D eigenvalue weighted by molar-refractivity contribution is 0.0473. The molecule has 2 aromatic carbocycles. The molecule has 0 saturated heterocycles. The van der Waals surface area contributed by atoms with Crippen LogP contribution >= 0.6 is 0 Å². The van der Waals surface area contributed by atoms with Crippen molar-refractivity contribution in [2.24, 2.45) is 0 Å². The number of hydrogen-bond acceptors (Lipinski definition) is 6. The Balaban J connectivity index is 1.61.